The summed E-state index contributed by atoms with van der Waals surface area (Å²) in [5.41, 5.74) is 2.54. The summed E-state index contributed by atoms with van der Waals surface area (Å²) in [7, 11) is 4.00. The molecule has 0 atom stereocenters. The standard InChI is InChI=1S/C9H17N3/c1-4-5-8-9(6-10-2)12(3)7-11-8/h7,10H,4-6H2,1-3H3. The molecule has 3 nitrogen and oxygen atoms in total. The molecule has 68 valence electrons. The van der Waals surface area contributed by atoms with Crippen LogP contribution in [0.25, 0.3) is 0 Å². The van der Waals surface area contributed by atoms with E-state index < -0.39 is 0 Å². The van der Waals surface area contributed by atoms with Crippen LogP contribution in [0, 0.1) is 0 Å². The Hall–Kier alpha value is -0.830. The first-order valence-corrected chi connectivity index (χ1v) is 4.43. The van der Waals surface area contributed by atoms with E-state index in [1.807, 2.05) is 20.4 Å². The molecule has 0 spiro atoms. The first kappa shape index (κ1) is 9.26. The molecule has 3 heteroatoms. The number of nitrogens with zero attached hydrogens (tertiary/aromatic N) is 2. The predicted molar refractivity (Wildman–Crippen MR) is 50.0 cm³/mol. The Morgan fingerprint density at radius 2 is 2.33 bits per heavy atom. The fraction of sp³-hybridized carbons (Fsp3) is 0.667. The van der Waals surface area contributed by atoms with Crippen molar-refractivity contribution in [2.45, 2.75) is 26.3 Å². The van der Waals surface area contributed by atoms with Gasteiger partial charge in [-0.3, -0.25) is 0 Å². The van der Waals surface area contributed by atoms with Crippen LogP contribution in [0.1, 0.15) is 24.7 Å². The van der Waals surface area contributed by atoms with E-state index in [1.165, 1.54) is 11.4 Å². The Kier molecular flexibility index (Phi) is 3.29. The number of hydrogen-bond acceptors (Lipinski definition) is 2. The van der Waals surface area contributed by atoms with Gasteiger partial charge in [-0.15, -0.1) is 0 Å². The number of imidazole rings is 1. The Labute approximate surface area is 73.8 Å². The molecule has 0 amide bonds. The van der Waals surface area contributed by atoms with Crippen molar-refractivity contribution >= 4 is 0 Å². The summed E-state index contributed by atoms with van der Waals surface area (Å²) in [6.07, 6.45) is 4.13. The van der Waals surface area contributed by atoms with Crippen molar-refractivity contribution in [3.05, 3.63) is 17.7 Å². The van der Waals surface area contributed by atoms with Crippen molar-refractivity contribution in [3.8, 4) is 0 Å². The van der Waals surface area contributed by atoms with Crippen LogP contribution < -0.4 is 5.32 Å². The van der Waals surface area contributed by atoms with E-state index in [9.17, 15) is 0 Å². The van der Waals surface area contributed by atoms with Crippen LogP contribution in [0.2, 0.25) is 0 Å². The van der Waals surface area contributed by atoms with Crippen LogP contribution in [0.4, 0.5) is 0 Å². The molecule has 1 rings (SSSR count). The second kappa shape index (κ2) is 4.26. The summed E-state index contributed by atoms with van der Waals surface area (Å²) < 4.78 is 2.08. The lowest BCUT2D eigenvalue weighted by atomic mass is 10.2. The zero-order chi connectivity index (χ0) is 8.97. The van der Waals surface area contributed by atoms with Crippen LogP contribution in [0.15, 0.2) is 6.33 Å². The quantitative estimate of drug-likeness (QED) is 0.727. The van der Waals surface area contributed by atoms with E-state index in [0.717, 1.165) is 19.4 Å². The lowest BCUT2D eigenvalue weighted by Gasteiger charge is -2.03. The summed E-state index contributed by atoms with van der Waals surface area (Å²) in [6, 6.07) is 0. The number of nitrogens with one attached hydrogen (secondary N) is 1. The molecular weight excluding hydrogens is 150 g/mol. The molecule has 0 aliphatic carbocycles. The predicted octanol–water partition coefficient (Wildman–Crippen LogP) is 1.09. The number of hydrogen-bond donors (Lipinski definition) is 1. The number of aromatic nitrogens is 2. The molecule has 0 fully saturated rings. The smallest absolute Gasteiger partial charge is 0.0949 e. The van der Waals surface area contributed by atoms with Crippen molar-refractivity contribution in [1.82, 2.24) is 14.9 Å². The minimum Gasteiger partial charge on any atom is -0.336 e. The fourth-order valence-corrected chi connectivity index (χ4v) is 1.34. The highest BCUT2D eigenvalue weighted by atomic mass is 15.1. The van der Waals surface area contributed by atoms with E-state index >= 15 is 0 Å². The van der Waals surface area contributed by atoms with Crippen LogP contribution in [-0.4, -0.2) is 16.6 Å². The molecule has 0 aliphatic rings. The largest absolute Gasteiger partial charge is 0.336 e. The topological polar surface area (TPSA) is 29.9 Å². The van der Waals surface area contributed by atoms with Crippen molar-refractivity contribution < 1.29 is 0 Å². The minimum atomic E-state index is 0.909. The first-order chi connectivity index (χ1) is 5.79. The van der Waals surface area contributed by atoms with Gasteiger partial charge in [0.15, 0.2) is 0 Å². The lowest BCUT2D eigenvalue weighted by molar-refractivity contribution is 0.719. The van der Waals surface area contributed by atoms with Gasteiger partial charge in [0.25, 0.3) is 0 Å². The average molecular weight is 167 g/mol. The lowest BCUT2D eigenvalue weighted by Crippen LogP contribution is -2.10. The average Bonchev–Trinajstić information content (AvgIpc) is 2.37. The molecule has 1 aromatic rings. The van der Waals surface area contributed by atoms with Gasteiger partial charge >= 0.3 is 0 Å². The second-order valence-corrected chi connectivity index (χ2v) is 3.03. The molecule has 1 aromatic heterocycles. The van der Waals surface area contributed by atoms with Gasteiger partial charge in [0.05, 0.1) is 17.7 Å². The van der Waals surface area contributed by atoms with Gasteiger partial charge in [-0.1, -0.05) is 13.3 Å². The second-order valence-electron chi connectivity index (χ2n) is 3.03. The molecule has 12 heavy (non-hydrogen) atoms. The molecule has 0 bridgehead atoms. The maximum atomic E-state index is 4.35. The SMILES string of the molecule is CCCc1ncn(C)c1CNC. The highest BCUT2D eigenvalue weighted by molar-refractivity contribution is 5.12. The number of aryl methyl sites for hydroxylation is 2. The van der Waals surface area contributed by atoms with Crippen molar-refractivity contribution in [2.75, 3.05) is 7.05 Å². The first-order valence-electron chi connectivity index (χ1n) is 4.43. The van der Waals surface area contributed by atoms with E-state index in [1.54, 1.807) is 0 Å². The molecule has 0 unspecified atom stereocenters. The normalized spacial score (nSPS) is 10.6. The van der Waals surface area contributed by atoms with Gasteiger partial charge < -0.3 is 9.88 Å². The molecule has 0 saturated heterocycles. The Bertz CT molecular complexity index is 240. The van der Waals surface area contributed by atoms with Gasteiger partial charge in [-0.05, 0) is 13.5 Å². The Morgan fingerprint density at radius 3 is 2.92 bits per heavy atom. The van der Waals surface area contributed by atoms with Crippen molar-refractivity contribution in [2.24, 2.45) is 7.05 Å². The van der Waals surface area contributed by atoms with Crippen LogP contribution >= 0.6 is 0 Å². The summed E-state index contributed by atoms with van der Waals surface area (Å²) >= 11 is 0. The molecular formula is C9H17N3. The Morgan fingerprint density at radius 1 is 1.58 bits per heavy atom. The number of rotatable bonds is 4. The molecule has 0 radical (unpaired) electrons. The van der Waals surface area contributed by atoms with Gasteiger partial charge in [-0.25, -0.2) is 4.98 Å². The third kappa shape index (κ3) is 1.85. The van der Waals surface area contributed by atoms with E-state index in [-0.39, 0.29) is 0 Å². The van der Waals surface area contributed by atoms with Crippen LogP contribution in [-0.2, 0) is 20.0 Å². The zero-order valence-corrected chi connectivity index (χ0v) is 8.09. The van der Waals surface area contributed by atoms with Gasteiger partial charge in [-0.2, -0.15) is 0 Å². The highest BCUT2D eigenvalue weighted by Crippen LogP contribution is 2.07. The third-order valence-electron chi connectivity index (χ3n) is 1.98. The van der Waals surface area contributed by atoms with E-state index in [0.29, 0.717) is 0 Å². The summed E-state index contributed by atoms with van der Waals surface area (Å²) in [5, 5.41) is 3.15. The summed E-state index contributed by atoms with van der Waals surface area (Å²) in [4.78, 5) is 4.35. The maximum Gasteiger partial charge on any atom is 0.0949 e. The van der Waals surface area contributed by atoms with Gasteiger partial charge in [0.1, 0.15) is 0 Å². The summed E-state index contributed by atoms with van der Waals surface area (Å²) in [6.45, 7) is 3.09. The molecule has 1 heterocycles. The van der Waals surface area contributed by atoms with Gasteiger partial charge in [0.2, 0.25) is 0 Å². The monoisotopic (exact) mass is 167 g/mol. The fourth-order valence-electron chi connectivity index (χ4n) is 1.34. The molecule has 0 aliphatic heterocycles. The summed E-state index contributed by atoms with van der Waals surface area (Å²) in [5.74, 6) is 0. The zero-order valence-electron chi connectivity index (χ0n) is 8.09. The molecule has 0 aromatic carbocycles. The molecule has 1 N–H and O–H groups in total. The minimum absolute atomic E-state index is 0.909. The van der Waals surface area contributed by atoms with Crippen LogP contribution in [0.5, 0.6) is 0 Å². The van der Waals surface area contributed by atoms with E-state index in [4.69, 9.17) is 0 Å². The van der Waals surface area contributed by atoms with Crippen LogP contribution in [0.3, 0.4) is 0 Å². The van der Waals surface area contributed by atoms with E-state index in [2.05, 4.69) is 21.8 Å². The molecule has 0 saturated carbocycles. The maximum absolute atomic E-state index is 4.35. The van der Waals surface area contributed by atoms with Gasteiger partial charge in [0, 0.05) is 13.6 Å². The Balaban J connectivity index is 2.80. The highest BCUT2D eigenvalue weighted by Gasteiger charge is 2.05. The third-order valence-corrected chi connectivity index (χ3v) is 1.98. The van der Waals surface area contributed by atoms with Crippen molar-refractivity contribution in [1.29, 1.82) is 0 Å². The van der Waals surface area contributed by atoms with Crippen molar-refractivity contribution in [3.63, 3.8) is 0 Å².